The average Bonchev–Trinajstić information content (AvgIpc) is 2.29. The van der Waals surface area contributed by atoms with Crippen LogP contribution in [-0.4, -0.2) is 30.1 Å². The number of anilines is 2. The first-order valence-electron chi connectivity index (χ1n) is 7.13. The number of hydrogen-bond acceptors (Lipinski definition) is 4. The molecule has 0 bridgehead atoms. The maximum absolute atomic E-state index is 4.66. The zero-order valence-corrected chi connectivity index (χ0v) is 13.4. The lowest BCUT2D eigenvalue weighted by molar-refractivity contribution is 0.547. The van der Waals surface area contributed by atoms with Gasteiger partial charge in [0.15, 0.2) is 0 Å². The number of aromatic nitrogens is 2. The van der Waals surface area contributed by atoms with Crippen LogP contribution in [0.2, 0.25) is 0 Å². The van der Waals surface area contributed by atoms with E-state index in [4.69, 9.17) is 0 Å². The third kappa shape index (κ3) is 4.37. The average molecular weight is 264 g/mol. The van der Waals surface area contributed by atoms with Crippen molar-refractivity contribution in [3.63, 3.8) is 0 Å². The Kier molecular flexibility index (Phi) is 5.58. The van der Waals surface area contributed by atoms with Gasteiger partial charge in [-0.15, -0.1) is 0 Å². The Balaban J connectivity index is 3.16. The standard InChI is InChI=1S/C15H28N4/c1-10(2)8-19(9-11(3)4)15-12(5)14(16-7)17-13(6)18-15/h10-11H,8-9H2,1-7H3,(H,16,17,18). The molecule has 1 aromatic heterocycles. The summed E-state index contributed by atoms with van der Waals surface area (Å²) in [6.07, 6.45) is 0. The van der Waals surface area contributed by atoms with Gasteiger partial charge in [0.05, 0.1) is 0 Å². The molecular formula is C15H28N4. The zero-order valence-electron chi connectivity index (χ0n) is 13.4. The molecule has 1 aromatic rings. The summed E-state index contributed by atoms with van der Waals surface area (Å²) >= 11 is 0. The van der Waals surface area contributed by atoms with E-state index in [1.165, 1.54) is 0 Å². The molecule has 0 saturated carbocycles. The van der Waals surface area contributed by atoms with Crippen LogP contribution < -0.4 is 10.2 Å². The second kappa shape index (κ2) is 6.73. The summed E-state index contributed by atoms with van der Waals surface area (Å²) in [5, 5.41) is 3.16. The number of nitrogens with one attached hydrogen (secondary N) is 1. The van der Waals surface area contributed by atoms with Crippen LogP contribution in [0.4, 0.5) is 11.6 Å². The van der Waals surface area contributed by atoms with Crippen molar-refractivity contribution in [2.75, 3.05) is 30.4 Å². The van der Waals surface area contributed by atoms with E-state index >= 15 is 0 Å². The minimum atomic E-state index is 0.617. The molecule has 0 aliphatic heterocycles. The van der Waals surface area contributed by atoms with Crippen molar-refractivity contribution in [3.05, 3.63) is 11.4 Å². The minimum Gasteiger partial charge on any atom is -0.373 e. The lowest BCUT2D eigenvalue weighted by Gasteiger charge is -2.29. The molecule has 4 nitrogen and oxygen atoms in total. The number of aryl methyl sites for hydroxylation is 1. The fraction of sp³-hybridized carbons (Fsp3) is 0.733. The highest BCUT2D eigenvalue weighted by atomic mass is 15.2. The van der Waals surface area contributed by atoms with Gasteiger partial charge >= 0.3 is 0 Å². The Morgan fingerprint density at radius 1 is 1.00 bits per heavy atom. The van der Waals surface area contributed by atoms with E-state index < -0.39 is 0 Å². The van der Waals surface area contributed by atoms with Crippen LogP contribution >= 0.6 is 0 Å². The Hall–Kier alpha value is -1.32. The van der Waals surface area contributed by atoms with Gasteiger partial charge in [-0.1, -0.05) is 27.7 Å². The molecule has 0 fully saturated rings. The van der Waals surface area contributed by atoms with E-state index in [1.807, 2.05) is 14.0 Å². The quantitative estimate of drug-likeness (QED) is 0.856. The molecule has 0 unspecified atom stereocenters. The van der Waals surface area contributed by atoms with Crippen molar-refractivity contribution in [1.29, 1.82) is 0 Å². The van der Waals surface area contributed by atoms with Crippen LogP contribution in [0.3, 0.4) is 0 Å². The van der Waals surface area contributed by atoms with Crippen molar-refractivity contribution >= 4 is 11.6 Å². The van der Waals surface area contributed by atoms with Crippen molar-refractivity contribution in [1.82, 2.24) is 9.97 Å². The third-order valence-corrected chi connectivity index (χ3v) is 2.94. The van der Waals surface area contributed by atoms with Crippen molar-refractivity contribution in [3.8, 4) is 0 Å². The maximum atomic E-state index is 4.66. The summed E-state index contributed by atoms with van der Waals surface area (Å²) in [6.45, 7) is 15.1. The van der Waals surface area contributed by atoms with E-state index in [0.717, 1.165) is 36.1 Å². The van der Waals surface area contributed by atoms with Crippen LogP contribution in [0.25, 0.3) is 0 Å². The smallest absolute Gasteiger partial charge is 0.137 e. The highest BCUT2D eigenvalue weighted by molar-refractivity contribution is 5.58. The van der Waals surface area contributed by atoms with Crippen LogP contribution in [0.1, 0.15) is 39.1 Å². The summed E-state index contributed by atoms with van der Waals surface area (Å²) in [5.74, 6) is 4.06. The van der Waals surface area contributed by atoms with Gasteiger partial charge in [-0.25, -0.2) is 9.97 Å². The molecule has 0 aliphatic carbocycles. The van der Waals surface area contributed by atoms with Crippen LogP contribution in [-0.2, 0) is 0 Å². The monoisotopic (exact) mass is 264 g/mol. The van der Waals surface area contributed by atoms with Crippen molar-refractivity contribution < 1.29 is 0 Å². The van der Waals surface area contributed by atoms with Crippen molar-refractivity contribution in [2.24, 2.45) is 11.8 Å². The van der Waals surface area contributed by atoms with Gasteiger partial charge < -0.3 is 10.2 Å². The molecule has 1 N–H and O–H groups in total. The van der Waals surface area contributed by atoms with Crippen LogP contribution in [0, 0.1) is 25.7 Å². The van der Waals surface area contributed by atoms with Crippen LogP contribution in [0.5, 0.6) is 0 Å². The summed E-state index contributed by atoms with van der Waals surface area (Å²) in [6, 6.07) is 0. The molecule has 0 spiro atoms. The Morgan fingerprint density at radius 2 is 1.53 bits per heavy atom. The van der Waals surface area contributed by atoms with Gasteiger partial charge in [0.2, 0.25) is 0 Å². The SMILES string of the molecule is CNc1nc(C)nc(N(CC(C)C)CC(C)C)c1C. The maximum Gasteiger partial charge on any atom is 0.137 e. The second-order valence-corrected chi connectivity index (χ2v) is 6.01. The molecule has 1 heterocycles. The molecular weight excluding hydrogens is 236 g/mol. The Labute approximate surface area is 117 Å². The van der Waals surface area contributed by atoms with Gasteiger partial charge in [-0.05, 0) is 25.7 Å². The van der Waals surface area contributed by atoms with E-state index in [0.29, 0.717) is 11.8 Å². The largest absolute Gasteiger partial charge is 0.373 e. The molecule has 0 atom stereocenters. The van der Waals surface area contributed by atoms with Gasteiger partial charge in [0, 0.05) is 25.7 Å². The van der Waals surface area contributed by atoms with Gasteiger partial charge in [0.25, 0.3) is 0 Å². The van der Waals surface area contributed by atoms with Gasteiger partial charge in [-0.2, -0.15) is 0 Å². The second-order valence-electron chi connectivity index (χ2n) is 6.01. The molecule has 0 aromatic carbocycles. The van der Waals surface area contributed by atoms with Crippen LogP contribution in [0.15, 0.2) is 0 Å². The normalized spacial score (nSPS) is 11.2. The number of nitrogens with zero attached hydrogens (tertiary/aromatic N) is 3. The molecule has 0 amide bonds. The zero-order chi connectivity index (χ0) is 14.6. The highest BCUT2D eigenvalue weighted by Crippen LogP contribution is 2.24. The molecule has 19 heavy (non-hydrogen) atoms. The summed E-state index contributed by atoms with van der Waals surface area (Å²) in [7, 11) is 1.91. The Bertz CT molecular complexity index is 403. The predicted molar refractivity (Wildman–Crippen MR) is 82.9 cm³/mol. The third-order valence-electron chi connectivity index (χ3n) is 2.94. The molecule has 1 rings (SSSR count). The topological polar surface area (TPSA) is 41.1 Å². The number of rotatable bonds is 6. The fourth-order valence-corrected chi connectivity index (χ4v) is 2.29. The fourth-order valence-electron chi connectivity index (χ4n) is 2.29. The molecule has 0 radical (unpaired) electrons. The highest BCUT2D eigenvalue weighted by Gasteiger charge is 2.17. The molecule has 108 valence electrons. The first-order valence-corrected chi connectivity index (χ1v) is 7.13. The summed E-state index contributed by atoms with van der Waals surface area (Å²) in [5.41, 5.74) is 1.13. The van der Waals surface area contributed by atoms with E-state index in [2.05, 4.69) is 54.8 Å². The minimum absolute atomic E-state index is 0.617. The number of hydrogen-bond donors (Lipinski definition) is 1. The lowest BCUT2D eigenvalue weighted by atomic mass is 10.1. The first kappa shape index (κ1) is 15.7. The van der Waals surface area contributed by atoms with E-state index in [9.17, 15) is 0 Å². The van der Waals surface area contributed by atoms with Gasteiger partial charge in [0.1, 0.15) is 17.5 Å². The van der Waals surface area contributed by atoms with E-state index in [1.54, 1.807) is 0 Å². The molecule has 4 heteroatoms. The Morgan fingerprint density at radius 3 is 1.95 bits per heavy atom. The first-order chi connectivity index (χ1) is 8.85. The lowest BCUT2D eigenvalue weighted by Crippen LogP contribution is -2.33. The molecule has 0 aliphatic rings. The summed E-state index contributed by atoms with van der Waals surface area (Å²) < 4.78 is 0. The van der Waals surface area contributed by atoms with Crippen molar-refractivity contribution in [2.45, 2.75) is 41.5 Å². The summed E-state index contributed by atoms with van der Waals surface area (Å²) in [4.78, 5) is 11.5. The van der Waals surface area contributed by atoms with Gasteiger partial charge in [-0.3, -0.25) is 0 Å². The van der Waals surface area contributed by atoms with E-state index in [-0.39, 0.29) is 0 Å². The molecule has 0 saturated heterocycles. The predicted octanol–water partition coefficient (Wildman–Crippen LogP) is 3.25.